The molecular formula is C21H29N5. The maximum Gasteiger partial charge on any atom is 0.244 e. The zero-order valence-electron chi connectivity index (χ0n) is 15.9. The highest BCUT2D eigenvalue weighted by atomic mass is 15.3. The molecule has 1 N–H and O–H groups in total. The molecule has 1 aliphatic carbocycles. The van der Waals surface area contributed by atoms with Crippen LogP contribution in [0.4, 0.5) is 11.8 Å². The second kappa shape index (κ2) is 9.32. The van der Waals surface area contributed by atoms with Crippen LogP contribution >= 0.6 is 0 Å². The molecule has 0 aliphatic heterocycles. The minimum absolute atomic E-state index is 0.326. The van der Waals surface area contributed by atoms with Gasteiger partial charge < -0.3 is 10.2 Å². The Bertz CT molecular complexity index is 711. The number of allylic oxidation sites excluding steroid dienone is 1. The van der Waals surface area contributed by atoms with E-state index in [1.807, 2.05) is 6.07 Å². The Morgan fingerprint density at radius 1 is 1.15 bits per heavy atom. The van der Waals surface area contributed by atoms with Gasteiger partial charge >= 0.3 is 0 Å². The van der Waals surface area contributed by atoms with Gasteiger partial charge in [-0.05, 0) is 51.5 Å². The lowest BCUT2D eigenvalue weighted by Gasteiger charge is -2.27. The molecule has 0 fully saturated rings. The Morgan fingerprint density at radius 2 is 2.00 bits per heavy atom. The first kappa shape index (κ1) is 18.4. The van der Waals surface area contributed by atoms with Gasteiger partial charge in [-0.15, -0.1) is 5.10 Å². The first-order valence-corrected chi connectivity index (χ1v) is 9.64. The Balaban J connectivity index is 1.63. The third kappa shape index (κ3) is 5.28. The highest BCUT2D eigenvalue weighted by Crippen LogP contribution is 2.20. The second-order valence-electron chi connectivity index (χ2n) is 7.13. The maximum absolute atomic E-state index is 4.69. The number of benzene rings is 1. The van der Waals surface area contributed by atoms with E-state index in [9.17, 15) is 0 Å². The summed E-state index contributed by atoms with van der Waals surface area (Å²) in [6, 6.07) is 10.8. The molecule has 138 valence electrons. The van der Waals surface area contributed by atoms with Crippen LogP contribution in [0.2, 0.25) is 0 Å². The van der Waals surface area contributed by atoms with Crippen LogP contribution in [-0.2, 0) is 6.54 Å². The zero-order valence-corrected chi connectivity index (χ0v) is 15.9. The number of hydrogen-bond acceptors (Lipinski definition) is 5. The van der Waals surface area contributed by atoms with Crippen LogP contribution in [0, 0.1) is 0 Å². The van der Waals surface area contributed by atoms with E-state index in [0.717, 1.165) is 25.3 Å². The summed E-state index contributed by atoms with van der Waals surface area (Å²) in [4.78, 5) is 6.94. The molecule has 0 bridgehead atoms. The molecule has 26 heavy (non-hydrogen) atoms. The third-order valence-corrected chi connectivity index (χ3v) is 4.77. The summed E-state index contributed by atoms with van der Waals surface area (Å²) in [7, 11) is 0. The monoisotopic (exact) mass is 351 g/mol. The molecule has 0 radical (unpaired) electrons. The van der Waals surface area contributed by atoms with Gasteiger partial charge in [-0.3, -0.25) is 0 Å². The topological polar surface area (TPSA) is 53.9 Å². The number of anilines is 2. The Kier molecular flexibility index (Phi) is 6.58. The van der Waals surface area contributed by atoms with Crippen LogP contribution in [-0.4, -0.2) is 27.8 Å². The van der Waals surface area contributed by atoms with E-state index in [1.165, 1.54) is 31.2 Å². The van der Waals surface area contributed by atoms with E-state index in [-0.39, 0.29) is 0 Å². The van der Waals surface area contributed by atoms with Gasteiger partial charge in [0.1, 0.15) is 0 Å². The predicted octanol–water partition coefficient (Wildman–Crippen LogP) is 4.59. The van der Waals surface area contributed by atoms with E-state index >= 15 is 0 Å². The van der Waals surface area contributed by atoms with E-state index < -0.39 is 0 Å². The van der Waals surface area contributed by atoms with Gasteiger partial charge in [0.05, 0.1) is 6.20 Å². The summed E-state index contributed by atoms with van der Waals surface area (Å²) in [5, 5.41) is 11.7. The van der Waals surface area contributed by atoms with Gasteiger partial charge in [0.25, 0.3) is 0 Å². The SMILES string of the molecule is CC(C)N(Cc1ccccc1)c1cnnc(NCCC2=CCCCC2)n1. The van der Waals surface area contributed by atoms with Crippen LogP contribution in [0.5, 0.6) is 0 Å². The highest BCUT2D eigenvalue weighted by molar-refractivity contribution is 5.42. The summed E-state index contributed by atoms with van der Waals surface area (Å²) < 4.78 is 0. The van der Waals surface area contributed by atoms with Crippen molar-refractivity contribution < 1.29 is 0 Å². The van der Waals surface area contributed by atoms with Crippen molar-refractivity contribution in [2.45, 2.75) is 58.5 Å². The summed E-state index contributed by atoms with van der Waals surface area (Å²) >= 11 is 0. The fourth-order valence-corrected chi connectivity index (χ4v) is 3.28. The molecular weight excluding hydrogens is 322 g/mol. The lowest BCUT2D eigenvalue weighted by Crippen LogP contribution is -2.31. The minimum Gasteiger partial charge on any atom is -0.353 e. The molecule has 1 aromatic carbocycles. The summed E-state index contributed by atoms with van der Waals surface area (Å²) in [5.74, 6) is 1.47. The number of hydrogen-bond donors (Lipinski definition) is 1. The van der Waals surface area contributed by atoms with E-state index in [2.05, 4.69) is 64.6 Å². The van der Waals surface area contributed by atoms with Crippen LogP contribution in [0.25, 0.3) is 0 Å². The van der Waals surface area contributed by atoms with Gasteiger partial charge in [0.2, 0.25) is 5.95 Å². The van der Waals surface area contributed by atoms with Crippen molar-refractivity contribution in [1.82, 2.24) is 15.2 Å². The number of aromatic nitrogens is 3. The van der Waals surface area contributed by atoms with Crippen molar-refractivity contribution in [3.8, 4) is 0 Å². The molecule has 0 unspecified atom stereocenters. The lowest BCUT2D eigenvalue weighted by molar-refractivity contribution is 0.666. The van der Waals surface area contributed by atoms with Crippen LogP contribution in [0.15, 0.2) is 48.2 Å². The lowest BCUT2D eigenvalue weighted by atomic mass is 9.97. The van der Waals surface area contributed by atoms with Gasteiger partial charge in [-0.1, -0.05) is 42.0 Å². The smallest absolute Gasteiger partial charge is 0.244 e. The number of nitrogens with zero attached hydrogens (tertiary/aromatic N) is 4. The minimum atomic E-state index is 0.326. The molecule has 0 amide bonds. The van der Waals surface area contributed by atoms with Crippen molar-refractivity contribution in [1.29, 1.82) is 0 Å². The summed E-state index contributed by atoms with van der Waals surface area (Å²) in [6.07, 6.45) is 10.3. The van der Waals surface area contributed by atoms with E-state index in [4.69, 9.17) is 4.98 Å². The first-order valence-electron chi connectivity index (χ1n) is 9.64. The molecule has 0 saturated carbocycles. The molecule has 5 heteroatoms. The van der Waals surface area contributed by atoms with Gasteiger partial charge in [0.15, 0.2) is 5.82 Å². The summed E-state index contributed by atoms with van der Waals surface area (Å²) in [5.41, 5.74) is 2.82. The fourth-order valence-electron chi connectivity index (χ4n) is 3.28. The molecule has 0 atom stereocenters. The van der Waals surface area contributed by atoms with Crippen molar-refractivity contribution >= 4 is 11.8 Å². The van der Waals surface area contributed by atoms with Crippen LogP contribution in [0.1, 0.15) is 51.5 Å². The van der Waals surface area contributed by atoms with Gasteiger partial charge in [-0.25, -0.2) is 0 Å². The van der Waals surface area contributed by atoms with Crippen molar-refractivity contribution in [2.24, 2.45) is 0 Å². The van der Waals surface area contributed by atoms with Gasteiger partial charge in [0, 0.05) is 19.1 Å². The molecule has 0 spiro atoms. The average Bonchev–Trinajstić information content (AvgIpc) is 2.68. The van der Waals surface area contributed by atoms with Crippen molar-refractivity contribution in [3.05, 3.63) is 53.7 Å². The molecule has 5 nitrogen and oxygen atoms in total. The predicted molar refractivity (Wildman–Crippen MR) is 107 cm³/mol. The van der Waals surface area contributed by atoms with Gasteiger partial charge in [-0.2, -0.15) is 10.1 Å². The number of nitrogens with one attached hydrogen (secondary N) is 1. The molecule has 0 saturated heterocycles. The second-order valence-corrected chi connectivity index (χ2v) is 7.13. The maximum atomic E-state index is 4.69. The van der Waals surface area contributed by atoms with E-state index in [0.29, 0.717) is 12.0 Å². The zero-order chi connectivity index (χ0) is 18.2. The van der Waals surface area contributed by atoms with Crippen molar-refractivity contribution in [2.75, 3.05) is 16.8 Å². The molecule has 1 aromatic heterocycles. The molecule has 1 aliphatic rings. The van der Waals surface area contributed by atoms with Crippen molar-refractivity contribution in [3.63, 3.8) is 0 Å². The third-order valence-electron chi connectivity index (χ3n) is 4.77. The normalized spacial score (nSPS) is 14.2. The Morgan fingerprint density at radius 3 is 2.73 bits per heavy atom. The van der Waals surface area contributed by atoms with E-state index in [1.54, 1.807) is 11.8 Å². The summed E-state index contributed by atoms with van der Waals surface area (Å²) in [6.45, 7) is 6.02. The fraction of sp³-hybridized carbons (Fsp3) is 0.476. The van der Waals surface area contributed by atoms with Crippen LogP contribution in [0.3, 0.4) is 0 Å². The Labute approximate surface area is 156 Å². The first-order chi connectivity index (χ1) is 12.7. The molecule has 1 heterocycles. The average molecular weight is 351 g/mol. The number of rotatable bonds is 8. The molecule has 2 aromatic rings. The standard InChI is InChI=1S/C21H29N5/c1-17(2)26(16-19-11-7-4-8-12-19)20-15-23-25-21(24-20)22-14-13-18-9-5-3-6-10-18/h4,7-9,11-12,15,17H,3,5-6,10,13-14,16H2,1-2H3,(H,22,24,25). The highest BCUT2D eigenvalue weighted by Gasteiger charge is 2.14. The van der Waals surface area contributed by atoms with Crippen LogP contribution < -0.4 is 10.2 Å². The Hall–Kier alpha value is -2.43. The quantitative estimate of drug-likeness (QED) is 0.705. The molecule has 3 rings (SSSR count). The largest absolute Gasteiger partial charge is 0.353 e.